The normalized spacial score (nSPS) is 18.6. The van der Waals surface area contributed by atoms with E-state index in [1.54, 1.807) is 25.1 Å². The number of carbonyl (C=O) groups excluding carboxylic acids is 1. The molecule has 0 aliphatic carbocycles. The minimum absolute atomic E-state index is 0.101. The first-order valence-corrected chi connectivity index (χ1v) is 7.89. The first kappa shape index (κ1) is 17.4. The van der Waals surface area contributed by atoms with E-state index >= 15 is 0 Å². The molecule has 2 atom stereocenters. The maximum absolute atomic E-state index is 11.9. The minimum atomic E-state index is -0.952. The van der Waals surface area contributed by atoms with Crippen molar-refractivity contribution in [2.75, 3.05) is 19.8 Å². The van der Waals surface area contributed by atoms with E-state index in [0.29, 0.717) is 19.6 Å². The first-order valence-electron chi connectivity index (χ1n) is 7.89. The minimum Gasteiger partial charge on any atom is -0.478 e. The number of rotatable bonds is 8. The van der Waals surface area contributed by atoms with Gasteiger partial charge < -0.3 is 19.9 Å². The van der Waals surface area contributed by atoms with Gasteiger partial charge in [-0.3, -0.25) is 4.79 Å². The zero-order valence-electron chi connectivity index (χ0n) is 13.3. The molecule has 0 aromatic heterocycles. The number of amides is 1. The van der Waals surface area contributed by atoms with Crippen LogP contribution in [0.2, 0.25) is 0 Å². The first-order chi connectivity index (χ1) is 11.1. The summed E-state index contributed by atoms with van der Waals surface area (Å²) in [5.74, 6) is -1.12. The Hall–Kier alpha value is -1.92. The Morgan fingerprint density at radius 3 is 3.00 bits per heavy atom. The Kier molecular flexibility index (Phi) is 6.55. The second kappa shape index (κ2) is 8.64. The molecule has 2 rings (SSSR count). The Morgan fingerprint density at radius 2 is 2.30 bits per heavy atom. The van der Waals surface area contributed by atoms with Crippen molar-refractivity contribution in [1.82, 2.24) is 5.32 Å². The summed E-state index contributed by atoms with van der Waals surface area (Å²) in [5, 5.41) is 11.8. The highest BCUT2D eigenvalue weighted by atomic mass is 16.5. The fourth-order valence-electron chi connectivity index (χ4n) is 2.44. The van der Waals surface area contributed by atoms with Crippen LogP contribution >= 0.6 is 0 Å². The summed E-state index contributed by atoms with van der Waals surface area (Å²) in [4.78, 5) is 22.9. The van der Waals surface area contributed by atoms with Crippen molar-refractivity contribution in [2.24, 2.45) is 0 Å². The third-order valence-electron chi connectivity index (χ3n) is 3.81. The average molecular weight is 321 g/mol. The van der Waals surface area contributed by atoms with Crippen molar-refractivity contribution in [1.29, 1.82) is 0 Å². The largest absolute Gasteiger partial charge is 0.478 e. The summed E-state index contributed by atoms with van der Waals surface area (Å²) < 4.78 is 11.0. The zero-order valence-corrected chi connectivity index (χ0v) is 13.3. The maximum atomic E-state index is 11.9. The van der Waals surface area contributed by atoms with Gasteiger partial charge in [-0.1, -0.05) is 12.1 Å². The highest BCUT2D eigenvalue weighted by Gasteiger charge is 2.19. The Balaban J connectivity index is 1.69. The monoisotopic (exact) mass is 321 g/mol. The fourth-order valence-corrected chi connectivity index (χ4v) is 2.44. The lowest BCUT2D eigenvalue weighted by molar-refractivity contribution is -0.133. The van der Waals surface area contributed by atoms with E-state index in [-0.39, 0.29) is 17.6 Å². The molecule has 0 saturated carbocycles. The molecular weight excluding hydrogens is 298 g/mol. The molecule has 23 heavy (non-hydrogen) atoms. The second-order valence-corrected chi connectivity index (χ2v) is 5.66. The van der Waals surface area contributed by atoms with Crippen molar-refractivity contribution in [3.05, 3.63) is 35.4 Å². The summed E-state index contributed by atoms with van der Waals surface area (Å²) in [6, 6.07) is 6.71. The van der Waals surface area contributed by atoms with Crippen LogP contribution in [0.1, 0.15) is 35.7 Å². The number of nitrogens with one attached hydrogen (secondary N) is 1. The highest BCUT2D eigenvalue weighted by molar-refractivity contribution is 5.87. The van der Waals surface area contributed by atoms with E-state index in [0.717, 1.165) is 25.0 Å². The molecule has 6 heteroatoms. The van der Waals surface area contributed by atoms with E-state index in [4.69, 9.17) is 14.6 Å². The molecule has 1 fully saturated rings. The Bertz CT molecular complexity index is 540. The molecule has 0 radical (unpaired) electrons. The van der Waals surface area contributed by atoms with Gasteiger partial charge in [0.05, 0.1) is 18.3 Å². The van der Waals surface area contributed by atoms with Gasteiger partial charge >= 0.3 is 5.97 Å². The smallest absolute Gasteiger partial charge is 0.335 e. The van der Waals surface area contributed by atoms with Crippen molar-refractivity contribution in [3.8, 4) is 0 Å². The molecule has 1 aliphatic rings. The highest BCUT2D eigenvalue weighted by Crippen LogP contribution is 2.12. The predicted molar refractivity (Wildman–Crippen MR) is 84.5 cm³/mol. The SMILES string of the molecule is CC(OCC1CCCO1)C(=O)NCCc1cccc(C(=O)O)c1. The van der Waals surface area contributed by atoms with E-state index < -0.39 is 12.1 Å². The van der Waals surface area contributed by atoms with Crippen LogP contribution in [0.25, 0.3) is 0 Å². The Labute approximate surface area is 135 Å². The van der Waals surface area contributed by atoms with E-state index in [1.807, 2.05) is 6.07 Å². The second-order valence-electron chi connectivity index (χ2n) is 5.66. The molecule has 126 valence electrons. The average Bonchev–Trinajstić information content (AvgIpc) is 3.06. The molecule has 6 nitrogen and oxygen atoms in total. The number of carboxylic acid groups (broad SMARTS) is 1. The van der Waals surface area contributed by atoms with Gasteiger partial charge in [-0.25, -0.2) is 4.79 Å². The predicted octanol–water partition coefficient (Wildman–Crippen LogP) is 1.63. The summed E-state index contributed by atoms with van der Waals surface area (Å²) in [6.07, 6.45) is 2.18. The van der Waals surface area contributed by atoms with E-state index in [1.165, 1.54) is 0 Å². The number of hydrogen-bond donors (Lipinski definition) is 2. The number of carbonyl (C=O) groups is 2. The molecule has 1 aromatic rings. The van der Waals surface area contributed by atoms with Crippen LogP contribution in [0.3, 0.4) is 0 Å². The number of carboxylic acids is 1. The molecule has 0 bridgehead atoms. The van der Waals surface area contributed by atoms with Gasteiger partial charge in [-0.05, 0) is 43.9 Å². The molecule has 1 heterocycles. The van der Waals surface area contributed by atoms with E-state index in [2.05, 4.69) is 5.32 Å². The van der Waals surface area contributed by atoms with Crippen molar-refractivity contribution in [2.45, 2.75) is 38.4 Å². The van der Waals surface area contributed by atoms with Crippen LogP contribution < -0.4 is 5.32 Å². The van der Waals surface area contributed by atoms with Crippen molar-refractivity contribution in [3.63, 3.8) is 0 Å². The standard InChI is InChI=1S/C17H23NO5/c1-12(23-11-15-6-3-9-22-15)16(19)18-8-7-13-4-2-5-14(10-13)17(20)21/h2,4-5,10,12,15H,3,6-9,11H2,1H3,(H,18,19)(H,20,21). The van der Waals surface area contributed by atoms with Gasteiger partial charge in [-0.15, -0.1) is 0 Å². The number of benzene rings is 1. The summed E-state index contributed by atoms with van der Waals surface area (Å²) >= 11 is 0. The van der Waals surface area contributed by atoms with Gasteiger partial charge in [-0.2, -0.15) is 0 Å². The topological polar surface area (TPSA) is 84.9 Å². The van der Waals surface area contributed by atoms with Crippen LogP contribution in [-0.2, 0) is 20.7 Å². The molecule has 0 spiro atoms. The lowest BCUT2D eigenvalue weighted by Crippen LogP contribution is -2.37. The lowest BCUT2D eigenvalue weighted by Gasteiger charge is -2.16. The molecule has 1 aromatic carbocycles. The third kappa shape index (κ3) is 5.65. The number of hydrogen-bond acceptors (Lipinski definition) is 4. The van der Waals surface area contributed by atoms with Crippen LogP contribution in [0.5, 0.6) is 0 Å². The van der Waals surface area contributed by atoms with Crippen LogP contribution in [-0.4, -0.2) is 48.9 Å². The zero-order chi connectivity index (χ0) is 16.7. The third-order valence-corrected chi connectivity index (χ3v) is 3.81. The maximum Gasteiger partial charge on any atom is 0.335 e. The lowest BCUT2D eigenvalue weighted by atomic mass is 10.1. The summed E-state index contributed by atoms with van der Waals surface area (Å²) in [7, 11) is 0. The fraction of sp³-hybridized carbons (Fsp3) is 0.529. The quantitative estimate of drug-likeness (QED) is 0.760. The molecule has 1 amide bonds. The van der Waals surface area contributed by atoms with Crippen LogP contribution in [0.4, 0.5) is 0 Å². The van der Waals surface area contributed by atoms with Crippen LogP contribution in [0, 0.1) is 0 Å². The van der Waals surface area contributed by atoms with Crippen molar-refractivity contribution >= 4 is 11.9 Å². The molecule has 2 unspecified atom stereocenters. The van der Waals surface area contributed by atoms with Gasteiger partial charge in [0.25, 0.3) is 0 Å². The summed E-state index contributed by atoms with van der Waals surface area (Å²) in [6.45, 7) is 3.37. The Morgan fingerprint density at radius 1 is 1.48 bits per heavy atom. The summed E-state index contributed by atoms with van der Waals surface area (Å²) in [5.41, 5.74) is 1.13. The van der Waals surface area contributed by atoms with E-state index in [9.17, 15) is 9.59 Å². The molecule has 1 aliphatic heterocycles. The van der Waals surface area contributed by atoms with Gasteiger partial charge in [0.15, 0.2) is 0 Å². The number of ether oxygens (including phenoxy) is 2. The number of aromatic carboxylic acids is 1. The van der Waals surface area contributed by atoms with Gasteiger partial charge in [0.2, 0.25) is 5.91 Å². The van der Waals surface area contributed by atoms with Crippen molar-refractivity contribution < 1.29 is 24.2 Å². The van der Waals surface area contributed by atoms with Gasteiger partial charge in [0, 0.05) is 13.2 Å². The molecular formula is C17H23NO5. The van der Waals surface area contributed by atoms with Crippen LogP contribution in [0.15, 0.2) is 24.3 Å². The molecule has 1 saturated heterocycles. The van der Waals surface area contributed by atoms with Gasteiger partial charge in [0.1, 0.15) is 6.10 Å². The molecule has 2 N–H and O–H groups in total.